The highest BCUT2D eigenvalue weighted by molar-refractivity contribution is 6.30. The zero-order chi connectivity index (χ0) is 24.1. The van der Waals surface area contributed by atoms with Gasteiger partial charge in [-0.05, 0) is 99.4 Å². The lowest BCUT2D eigenvalue weighted by atomic mass is 9.86. The number of aromatic nitrogens is 2. The number of fused-ring (bicyclic) bond motifs is 7. The number of nitrogens with one attached hydrogen (secondary N) is 1. The topological polar surface area (TPSA) is 67.5 Å². The summed E-state index contributed by atoms with van der Waals surface area (Å²) in [6.45, 7) is 6.27. The maximum Gasteiger partial charge on any atom is 0.411 e. The van der Waals surface area contributed by atoms with Gasteiger partial charge in [-0.15, -0.1) is 0 Å². The van der Waals surface area contributed by atoms with Crippen LogP contribution in [0.1, 0.15) is 62.3 Å². The number of aryl methyl sites for hydroxylation is 2. The zero-order valence-electron chi connectivity index (χ0n) is 20.2. The largest absolute Gasteiger partial charge is 0.488 e. The van der Waals surface area contributed by atoms with E-state index in [2.05, 4.69) is 17.1 Å². The van der Waals surface area contributed by atoms with Crippen molar-refractivity contribution in [2.24, 2.45) is 5.92 Å². The van der Waals surface area contributed by atoms with Gasteiger partial charge in [0.25, 0.3) is 0 Å². The van der Waals surface area contributed by atoms with Crippen molar-refractivity contribution < 1.29 is 14.3 Å². The number of rotatable bonds is 1. The number of likely N-dealkylation sites (tertiary alicyclic amines) is 1. The van der Waals surface area contributed by atoms with Gasteiger partial charge < -0.3 is 14.5 Å². The molecule has 2 aliphatic heterocycles. The second-order valence-corrected chi connectivity index (χ2v) is 11.7. The van der Waals surface area contributed by atoms with Gasteiger partial charge in [0.05, 0.1) is 17.4 Å². The van der Waals surface area contributed by atoms with Crippen molar-refractivity contribution in [2.75, 3.05) is 0 Å². The lowest BCUT2D eigenvalue weighted by Gasteiger charge is -2.29. The van der Waals surface area contributed by atoms with Gasteiger partial charge >= 0.3 is 6.09 Å². The van der Waals surface area contributed by atoms with E-state index in [1.807, 2.05) is 43.9 Å². The lowest BCUT2D eigenvalue weighted by molar-refractivity contribution is 0.0175. The molecule has 0 radical (unpaired) electrons. The SMILES string of the molecule is CC(C)(C)OC(=O)N1[C@@H]2C[C@@H]2C[C@H]1c1nc2c([nH]1)-c1cc3c(cc1CC2)-c1ccc(Cl)cc1OC3. The molecular formula is C28H28ClN3O3. The summed E-state index contributed by atoms with van der Waals surface area (Å²) in [7, 11) is 0. The summed E-state index contributed by atoms with van der Waals surface area (Å²) in [4.78, 5) is 23.6. The Morgan fingerprint density at radius 1 is 1.11 bits per heavy atom. The first-order chi connectivity index (χ1) is 16.7. The van der Waals surface area contributed by atoms with Crippen molar-refractivity contribution >= 4 is 17.7 Å². The van der Waals surface area contributed by atoms with Crippen LogP contribution < -0.4 is 4.74 Å². The van der Waals surface area contributed by atoms with Gasteiger partial charge in [-0.3, -0.25) is 4.90 Å². The molecule has 7 rings (SSSR count). The predicted octanol–water partition coefficient (Wildman–Crippen LogP) is 6.46. The molecule has 35 heavy (non-hydrogen) atoms. The highest BCUT2D eigenvalue weighted by Crippen LogP contribution is 2.54. The second kappa shape index (κ2) is 7.26. The molecule has 2 fully saturated rings. The third-order valence-corrected chi connectivity index (χ3v) is 7.90. The quantitative estimate of drug-likeness (QED) is 0.426. The van der Waals surface area contributed by atoms with Crippen LogP contribution in [0.25, 0.3) is 22.4 Å². The van der Waals surface area contributed by atoms with E-state index in [9.17, 15) is 4.79 Å². The van der Waals surface area contributed by atoms with Crippen LogP contribution in [0.15, 0.2) is 30.3 Å². The van der Waals surface area contributed by atoms with E-state index in [0.717, 1.165) is 54.2 Å². The molecule has 1 aromatic heterocycles. The first kappa shape index (κ1) is 21.3. The van der Waals surface area contributed by atoms with Gasteiger partial charge in [0.15, 0.2) is 0 Å². The molecule has 1 saturated heterocycles. The van der Waals surface area contributed by atoms with Gasteiger partial charge in [-0.25, -0.2) is 9.78 Å². The van der Waals surface area contributed by atoms with E-state index in [1.165, 1.54) is 22.3 Å². The molecular weight excluding hydrogens is 462 g/mol. The van der Waals surface area contributed by atoms with E-state index in [1.54, 1.807) is 0 Å². The Kier molecular flexibility index (Phi) is 4.42. The van der Waals surface area contributed by atoms with Crippen molar-refractivity contribution in [1.29, 1.82) is 0 Å². The van der Waals surface area contributed by atoms with Crippen LogP contribution in [-0.4, -0.2) is 32.6 Å². The highest BCUT2D eigenvalue weighted by atomic mass is 35.5. The Balaban J connectivity index is 1.24. The summed E-state index contributed by atoms with van der Waals surface area (Å²) >= 11 is 6.18. The maximum absolute atomic E-state index is 13.0. The predicted molar refractivity (Wildman–Crippen MR) is 134 cm³/mol. The fraction of sp³-hybridized carbons (Fsp3) is 0.429. The second-order valence-electron chi connectivity index (χ2n) is 11.2. The molecule has 1 saturated carbocycles. The number of H-pyrrole nitrogens is 1. The number of aromatic amines is 1. The minimum Gasteiger partial charge on any atom is -0.488 e. The first-order valence-corrected chi connectivity index (χ1v) is 12.8. The van der Waals surface area contributed by atoms with Crippen LogP contribution in [0.5, 0.6) is 5.75 Å². The smallest absolute Gasteiger partial charge is 0.411 e. The normalized spacial score (nSPS) is 23.4. The number of piperidine rings is 1. The number of hydrogen-bond acceptors (Lipinski definition) is 4. The fourth-order valence-corrected chi connectivity index (χ4v) is 6.18. The molecule has 7 heteroatoms. The Bertz CT molecular complexity index is 1390. The summed E-state index contributed by atoms with van der Waals surface area (Å²) in [6.07, 6.45) is 3.61. The van der Waals surface area contributed by atoms with E-state index in [-0.39, 0.29) is 18.2 Å². The molecule has 2 aliphatic carbocycles. The molecule has 180 valence electrons. The fourth-order valence-electron chi connectivity index (χ4n) is 6.01. The Morgan fingerprint density at radius 2 is 1.94 bits per heavy atom. The molecule has 3 aromatic rings. The van der Waals surface area contributed by atoms with Crippen LogP contribution in [0, 0.1) is 5.92 Å². The van der Waals surface area contributed by atoms with Crippen LogP contribution in [0.2, 0.25) is 5.02 Å². The standard InChI is InChI=1S/C28H28ClN3O3/c1-28(2,3)35-27(33)32-22-10-15(22)11-23(32)26-30-21-7-4-14-8-19-16(9-20(14)25(21)31-26)13-34-24-12-17(29)5-6-18(19)24/h5-6,8-9,12,15,22-23H,4,7,10-11,13H2,1-3H3,(H,30,31)/t15-,22-,23+/m1/s1. The average Bonchev–Trinajstić information content (AvgIpc) is 3.25. The van der Waals surface area contributed by atoms with E-state index < -0.39 is 5.60 Å². The van der Waals surface area contributed by atoms with E-state index in [4.69, 9.17) is 26.1 Å². The number of ether oxygens (including phenoxy) is 2. The van der Waals surface area contributed by atoms with Crippen molar-refractivity contribution in [3.63, 3.8) is 0 Å². The van der Waals surface area contributed by atoms with Gasteiger partial charge in [0.1, 0.15) is 23.8 Å². The van der Waals surface area contributed by atoms with Gasteiger partial charge in [0, 0.05) is 22.2 Å². The molecule has 1 amide bonds. The van der Waals surface area contributed by atoms with Crippen molar-refractivity contribution in [3.05, 3.63) is 58.0 Å². The van der Waals surface area contributed by atoms with Crippen molar-refractivity contribution in [2.45, 2.75) is 70.7 Å². The maximum atomic E-state index is 13.0. The molecule has 2 aromatic carbocycles. The summed E-state index contributed by atoms with van der Waals surface area (Å²) < 4.78 is 11.8. The summed E-state index contributed by atoms with van der Waals surface area (Å²) in [5.74, 6) is 2.28. The lowest BCUT2D eigenvalue weighted by Crippen LogP contribution is -2.38. The molecule has 1 N–H and O–H groups in total. The van der Waals surface area contributed by atoms with Gasteiger partial charge in [0.2, 0.25) is 0 Å². The molecule has 0 spiro atoms. The molecule has 0 unspecified atom stereocenters. The summed E-state index contributed by atoms with van der Waals surface area (Å²) in [6, 6.07) is 10.6. The summed E-state index contributed by atoms with van der Waals surface area (Å²) in [5.41, 5.74) is 7.63. The highest BCUT2D eigenvalue weighted by Gasteiger charge is 2.56. The van der Waals surface area contributed by atoms with Crippen LogP contribution in [-0.2, 0) is 24.2 Å². The number of benzene rings is 2. The van der Waals surface area contributed by atoms with E-state index in [0.29, 0.717) is 17.5 Å². The van der Waals surface area contributed by atoms with E-state index >= 15 is 0 Å². The molecule has 6 nitrogen and oxygen atoms in total. The first-order valence-electron chi connectivity index (χ1n) is 12.4. The third kappa shape index (κ3) is 3.45. The number of amides is 1. The molecule has 0 bridgehead atoms. The van der Waals surface area contributed by atoms with Crippen molar-refractivity contribution in [3.8, 4) is 28.1 Å². The number of carbonyl (C=O) groups excluding carboxylic acids is 1. The molecule has 3 heterocycles. The van der Waals surface area contributed by atoms with Gasteiger partial charge in [-0.2, -0.15) is 0 Å². The Morgan fingerprint density at radius 3 is 2.77 bits per heavy atom. The zero-order valence-corrected chi connectivity index (χ0v) is 20.9. The minimum atomic E-state index is -0.513. The van der Waals surface area contributed by atoms with Crippen LogP contribution >= 0.6 is 11.6 Å². The number of hydrogen-bond donors (Lipinski definition) is 1. The number of nitrogens with zero attached hydrogens (tertiary/aromatic N) is 2. The van der Waals surface area contributed by atoms with Crippen molar-refractivity contribution in [1.82, 2.24) is 14.9 Å². The third-order valence-electron chi connectivity index (χ3n) is 7.67. The molecule has 4 aliphatic rings. The van der Waals surface area contributed by atoms with Gasteiger partial charge in [-0.1, -0.05) is 11.6 Å². The number of carbonyl (C=O) groups is 1. The summed E-state index contributed by atoms with van der Waals surface area (Å²) in [5, 5.41) is 0.685. The monoisotopic (exact) mass is 489 g/mol. The Labute approximate surface area is 209 Å². The van der Waals surface area contributed by atoms with Crippen LogP contribution in [0.3, 0.4) is 0 Å². The average molecular weight is 490 g/mol. The van der Waals surface area contributed by atoms with Crippen LogP contribution in [0.4, 0.5) is 4.79 Å². The minimum absolute atomic E-state index is 0.0553. The number of imidazole rings is 1. The Hall–Kier alpha value is -2.99. The molecule has 3 atom stereocenters. The number of halogens is 1.